The third-order valence-corrected chi connectivity index (χ3v) is 4.16. The Kier molecular flexibility index (Phi) is 5.66. The predicted octanol–water partition coefficient (Wildman–Crippen LogP) is 2.97. The molecule has 0 atom stereocenters. The molecule has 0 unspecified atom stereocenters. The highest BCUT2D eigenvalue weighted by atomic mass is 19.1. The van der Waals surface area contributed by atoms with E-state index in [2.05, 4.69) is 5.32 Å². The molecule has 138 valence electrons. The number of rotatable bonds is 6. The molecule has 27 heavy (non-hydrogen) atoms. The van der Waals surface area contributed by atoms with Gasteiger partial charge in [-0.1, -0.05) is 30.3 Å². The Bertz CT molecular complexity index is 997. The van der Waals surface area contributed by atoms with Gasteiger partial charge in [-0.3, -0.25) is 9.59 Å². The molecule has 1 N–H and O–H groups in total. The van der Waals surface area contributed by atoms with Crippen molar-refractivity contribution in [2.45, 2.75) is 13.1 Å². The largest absolute Gasteiger partial charge is 0.496 e. The van der Waals surface area contributed by atoms with Crippen LogP contribution in [0.15, 0.2) is 71.7 Å². The average molecular weight is 366 g/mol. The fourth-order valence-electron chi connectivity index (χ4n) is 2.69. The van der Waals surface area contributed by atoms with Gasteiger partial charge in [0.15, 0.2) is 0 Å². The quantitative estimate of drug-likeness (QED) is 0.730. The van der Waals surface area contributed by atoms with E-state index in [-0.39, 0.29) is 22.8 Å². The van der Waals surface area contributed by atoms with Crippen LogP contribution in [0.2, 0.25) is 0 Å². The molecule has 0 radical (unpaired) electrons. The molecule has 0 saturated heterocycles. The summed E-state index contributed by atoms with van der Waals surface area (Å²) in [5, 5.41) is 2.78. The zero-order valence-corrected chi connectivity index (χ0v) is 14.8. The summed E-state index contributed by atoms with van der Waals surface area (Å²) in [5.74, 6) is 0.0209. The molecule has 0 aliphatic carbocycles. The lowest BCUT2D eigenvalue weighted by Crippen LogP contribution is -2.26. The number of pyridine rings is 1. The van der Waals surface area contributed by atoms with E-state index in [0.717, 1.165) is 11.1 Å². The lowest BCUT2D eigenvalue weighted by atomic mass is 10.2. The molecule has 0 fully saturated rings. The second-order valence-electron chi connectivity index (χ2n) is 6.00. The molecule has 1 heterocycles. The molecule has 1 amide bonds. The minimum absolute atomic E-state index is 0.283. The number of carbonyl (C=O) groups excluding carboxylic acids is 1. The van der Waals surface area contributed by atoms with Crippen molar-refractivity contribution in [1.29, 1.82) is 0 Å². The van der Waals surface area contributed by atoms with Crippen molar-refractivity contribution in [1.82, 2.24) is 9.88 Å². The first-order valence-corrected chi connectivity index (χ1v) is 8.42. The predicted molar refractivity (Wildman–Crippen MR) is 100 cm³/mol. The summed E-state index contributed by atoms with van der Waals surface area (Å²) in [6.45, 7) is 0.601. The molecule has 0 bridgehead atoms. The Morgan fingerprint density at radius 1 is 1.11 bits per heavy atom. The highest BCUT2D eigenvalue weighted by Gasteiger charge is 2.09. The van der Waals surface area contributed by atoms with Crippen LogP contribution in [0.25, 0.3) is 0 Å². The van der Waals surface area contributed by atoms with Crippen molar-refractivity contribution in [3.05, 3.63) is 99.7 Å². The maximum Gasteiger partial charge on any atom is 0.251 e. The number of amides is 1. The van der Waals surface area contributed by atoms with E-state index < -0.39 is 0 Å². The highest BCUT2D eigenvalue weighted by molar-refractivity contribution is 5.93. The fourth-order valence-corrected chi connectivity index (χ4v) is 2.69. The second kappa shape index (κ2) is 8.31. The molecule has 3 aromatic rings. The summed E-state index contributed by atoms with van der Waals surface area (Å²) >= 11 is 0. The third-order valence-electron chi connectivity index (χ3n) is 4.16. The second-order valence-corrected chi connectivity index (χ2v) is 6.00. The maximum absolute atomic E-state index is 13.0. The summed E-state index contributed by atoms with van der Waals surface area (Å²) in [6.07, 6.45) is 1.56. The summed E-state index contributed by atoms with van der Waals surface area (Å²) in [6, 6.07) is 16.2. The summed E-state index contributed by atoms with van der Waals surface area (Å²) in [4.78, 5) is 24.6. The molecule has 0 saturated carbocycles. The van der Waals surface area contributed by atoms with Crippen molar-refractivity contribution in [2.24, 2.45) is 0 Å². The van der Waals surface area contributed by atoms with Gasteiger partial charge in [-0.2, -0.15) is 0 Å². The van der Waals surface area contributed by atoms with Gasteiger partial charge in [0, 0.05) is 29.9 Å². The standard InChI is InChI=1S/C21H19FN2O3/c1-27-19-5-3-2-4-17(19)13-23-21(26)16-10-11-24(20(25)12-16)14-15-6-8-18(22)9-7-15/h2-12H,13-14H2,1H3,(H,23,26). The summed E-state index contributed by atoms with van der Waals surface area (Å²) < 4.78 is 19.7. The van der Waals surface area contributed by atoms with Gasteiger partial charge in [-0.05, 0) is 29.8 Å². The first-order chi connectivity index (χ1) is 13.1. The van der Waals surface area contributed by atoms with Crippen molar-refractivity contribution >= 4 is 5.91 Å². The van der Waals surface area contributed by atoms with Crippen molar-refractivity contribution in [3.63, 3.8) is 0 Å². The van der Waals surface area contributed by atoms with Crippen molar-refractivity contribution in [2.75, 3.05) is 7.11 Å². The first kappa shape index (κ1) is 18.4. The topological polar surface area (TPSA) is 60.3 Å². The Labute approximate surface area is 156 Å². The minimum atomic E-state index is -0.341. The van der Waals surface area contributed by atoms with E-state index >= 15 is 0 Å². The van der Waals surface area contributed by atoms with Crippen LogP contribution in [0.5, 0.6) is 5.75 Å². The van der Waals surface area contributed by atoms with E-state index in [1.807, 2.05) is 24.3 Å². The van der Waals surface area contributed by atoms with Crippen LogP contribution in [-0.4, -0.2) is 17.6 Å². The Balaban J connectivity index is 1.68. The number of para-hydroxylation sites is 1. The number of nitrogens with zero attached hydrogens (tertiary/aromatic N) is 1. The third kappa shape index (κ3) is 4.61. The van der Waals surface area contributed by atoms with E-state index in [9.17, 15) is 14.0 Å². The monoisotopic (exact) mass is 366 g/mol. The average Bonchev–Trinajstić information content (AvgIpc) is 2.69. The smallest absolute Gasteiger partial charge is 0.251 e. The molecular weight excluding hydrogens is 347 g/mol. The number of carbonyl (C=O) groups is 1. The van der Waals surface area contributed by atoms with Crippen LogP contribution in [0.4, 0.5) is 4.39 Å². The molecule has 5 nitrogen and oxygen atoms in total. The van der Waals surface area contributed by atoms with Crippen LogP contribution >= 0.6 is 0 Å². The lowest BCUT2D eigenvalue weighted by molar-refractivity contribution is 0.0950. The van der Waals surface area contributed by atoms with Gasteiger partial charge in [0.25, 0.3) is 11.5 Å². The minimum Gasteiger partial charge on any atom is -0.496 e. The van der Waals surface area contributed by atoms with Crippen molar-refractivity contribution < 1.29 is 13.9 Å². The molecule has 1 aromatic heterocycles. The van der Waals surface area contributed by atoms with Crippen LogP contribution in [0.3, 0.4) is 0 Å². The van der Waals surface area contributed by atoms with Gasteiger partial charge < -0.3 is 14.6 Å². The van der Waals surface area contributed by atoms with E-state index in [1.54, 1.807) is 31.5 Å². The summed E-state index contributed by atoms with van der Waals surface area (Å²) in [7, 11) is 1.57. The normalized spacial score (nSPS) is 10.4. The molecule has 2 aromatic carbocycles. The van der Waals surface area contributed by atoms with E-state index in [0.29, 0.717) is 18.8 Å². The maximum atomic E-state index is 13.0. The van der Waals surface area contributed by atoms with Gasteiger partial charge in [-0.15, -0.1) is 0 Å². The van der Waals surface area contributed by atoms with Crippen molar-refractivity contribution in [3.8, 4) is 5.75 Å². The number of methoxy groups -OCH3 is 1. The first-order valence-electron chi connectivity index (χ1n) is 8.42. The lowest BCUT2D eigenvalue weighted by Gasteiger charge is -2.10. The number of halogens is 1. The van der Waals surface area contributed by atoms with Gasteiger partial charge >= 0.3 is 0 Å². The number of hydrogen-bond acceptors (Lipinski definition) is 3. The van der Waals surface area contributed by atoms with E-state index in [1.165, 1.54) is 22.8 Å². The van der Waals surface area contributed by atoms with Gasteiger partial charge in [0.05, 0.1) is 13.7 Å². The van der Waals surface area contributed by atoms with Gasteiger partial charge in [0.2, 0.25) is 0 Å². The van der Waals surface area contributed by atoms with Crippen LogP contribution in [-0.2, 0) is 13.1 Å². The SMILES string of the molecule is COc1ccccc1CNC(=O)c1ccn(Cc2ccc(F)cc2)c(=O)c1. The van der Waals surface area contributed by atoms with Crippen LogP contribution in [0.1, 0.15) is 21.5 Å². The summed E-state index contributed by atoms with van der Waals surface area (Å²) in [5.41, 5.74) is 1.62. The fraction of sp³-hybridized carbons (Fsp3) is 0.143. The molecule has 0 spiro atoms. The number of benzene rings is 2. The number of ether oxygens (including phenoxy) is 1. The number of hydrogen-bond donors (Lipinski definition) is 1. The molecule has 3 rings (SSSR count). The van der Waals surface area contributed by atoms with Crippen LogP contribution < -0.4 is 15.6 Å². The number of nitrogens with one attached hydrogen (secondary N) is 1. The highest BCUT2D eigenvalue weighted by Crippen LogP contribution is 2.16. The molecule has 0 aliphatic heterocycles. The van der Waals surface area contributed by atoms with Gasteiger partial charge in [0.1, 0.15) is 11.6 Å². The molecule has 6 heteroatoms. The van der Waals surface area contributed by atoms with E-state index in [4.69, 9.17) is 4.74 Å². The van der Waals surface area contributed by atoms with Gasteiger partial charge in [-0.25, -0.2) is 4.39 Å². The molecule has 0 aliphatic rings. The number of aromatic nitrogens is 1. The van der Waals surface area contributed by atoms with Crippen LogP contribution in [0, 0.1) is 5.82 Å². The molecular formula is C21H19FN2O3. The zero-order chi connectivity index (χ0) is 19.2. The Hall–Kier alpha value is -3.41. The Morgan fingerprint density at radius 3 is 2.56 bits per heavy atom. The zero-order valence-electron chi connectivity index (χ0n) is 14.8. The Morgan fingerprint density at radius 2 is 1.85 bits per heavy atom.